The molecule has 0 unspecified atom stereocenters. The highest BCUT2D eigenvalue weighted by Crippen LogP contribution is 2.18. The van der Waals surface area contributed by atoms with Crippen molar-refractivity contribution < 1.29 is 9.53 Å². The number of hydrogen-bond acceptors (Lipinski definition) is 3. The lowest BCUT2D eigenvalue weighted by molar-refractivity contribution is -0.140. The molecule has 0 bridgehead atoms. The molecule has 2 heterocycles. The Labute approximate surface area is 138 Å². The molecule has 1 aromatic rings. The van der Waals surface area contributed by atoms with Gasteiger partial charge in [0.05, 0.1) is 0 Å². The molecule has 2 saturated heterocycles. The minimum Gasteiger partial charge on any atom is -0.381 e. The first-order valence-electron chi connectivity index (χ1n) is 8.63. The van der Waals surface area contributed by atoms with Crippen LogP contribution in [0.3, 0.4) is 0 Å². The standard InChI is InChI=1S/C19H26N2O2/c22-19(18-8-15-23-16-9-18)21-13-11-20(12-14-21)10-4-7-17-5-2-1-3-6-17/h1-7,18H,8-16H2. The Morgan fingerprint density at radius 2 is 1.78 bits per heavy atom. The van der Waals surface area contributed by atoms with Gasteiger partial charge in [0.2, 0.25) is 5.91 Å². The van der Waals surface area contributed by atoms with Crippen LogP contribution in [0.1, 0.15) is 18.4 Å². The Hall–Kier alpha value is -1.65. The molecule has 1 amide bonds. The van der Waals surface area contributed by atoms with Crippen LogP contribution in [-0.2, 0) is 9.53 Å². The molecule has 2 aliphatic rings. The van der Waals surface area contributed by atoms with Gasteiger partial charge in [0.1, 0.15) is 0 Å². The maximum absolute atomic E-state index is 12.5. The Kier molecular flexibility index (Phi) is 5.83. The molecule has 3 rings (SSSR count). The maximum Gasteiger partial charge on any atom is 0.225 e. The number of nitrogens with zero attached hydrogens (tertiary/aromatic N) is 2. The summed E-state index contributed by atoms with van der Waals surface area (Å²) in [6.07, 6.45) is 6.16. The monoisotopic (exact) mass is 314 g/mol. The van der Waals surface area contributed by atoms with Gasteiger partial charge >= 0.3 is 0 Å². The van der Waals surface area contributed by atoms with Crippen molar-refractivity contribution in [3.63, 3.8) is 0 Å². The van der Waals surface area contributed by atoms with E-state index in [1.165, 1.54) is 5.56 Å². The second-order valence-corrected chi connectivity index (χ2v) is 6.33. The Bertz CT molecular complexity index is 515. The molecular formula is C19H26N2O2. The summed E-state index contributed by atoms with van der Waals surface area (Å²) in [6, 6.07) is 10.4. The molecule has 0 N–H and O–H groups in total. The van der Waals surface area contributed by atoms with E-state index in [1.807, 2.05) is 11.0 Å². The predicted octanol–water partition coefficient (Wildman–Crippen LogP) is 2.27. The van der Waals surface area contributed by atoms with Crippen LogP contribution in [0.4, 0.5) is 0 Å². The molecular weight excluding hydrogens is 288 g/mol. The minimum atomic E-state index is 0.188. The first kappa shape index (κ1) is 16.2. The third-order valence-electron chi connectivity index (χ3n) is 4.73. The van der Waals surface area contributed by atoms with Gasteiger partial charge in [-0.05, 0) is 18.4 Å². The van der Waals surface area contributed by atoms with E-state index in [0.717, 1.165) is 58.8 Å². The lowest BCUT2D eigenvalue weighted by Gasteiger charge is -2.36. The molecule has 4 nitrogen and oxygen atoms in total. The number of carbonyl (C=O) groups is 1. The van der Waals surface area contributed by atoms with Crippen molar-refractivity contribution >= 4 is 12.0 Å². The predicted molar refractivity (Wildman–Crippen MR) is 92.0 cm³/mol. The number of hydrogen-bond donors (Lipinski definition) is 0. The van der Waals surface area contributed by atoms with E-state index in [0.29, 0.717) is 5.91 Å². The highest BCUT2D eigenvalue weighted by atomic mass is 16.5. The van der Waals surface area contributed by atoms with E-state index in [1.54, 1.807) is 0 Å². The first-order valence-corrected chi connectivity index (χ1v) is 8.63. The number of ether oxygens (including phenoxy) is 1. The van der Waals surface area contributed by atoms with Crippen LogP contribution in [0.2, 0.25) is 0 Å². The molecule has 2 aliphatic heterocycles. The second kappa shape index (κ2) is 8.27. The Morgan fingerprint density at radius 1 is 1.09 bits per heavy atom. The van der Waals surface area contributed by atoms with E-state index in [9.17, 15) is 4.79 Å². The van der Waals surface area contributed by atoms with E-state index in [2.05, 4.69) is 41.3 Å². The van der Waals surface area contributed by atoms with Crippen LogP contribution in [0.25, 0.3) is 6.08 Å². The highest BCUT2D eigenvalue weighted by Gasteiger charge is 2.28. The van der Waals surface area contributed by atoms with Gasteiger partial charge < -0.3 is 9.64 Å². The summed E-state index contributed by atoms with van der Waals surface area (Å²) in [5.74, 6) is 0.529. The Morgan fingerprint density at radius 3 is 2.48 bits per heavy atom. The van der Waals surface area contributed by atoms with Crippen LogP contribution in [0, 0.1) is 5.92 Å². The summed E-state index contributed by atoms with van der Waals surface area (Å²) in [4.78, 5) is 17.0. The SMILES string of the molecule is O=C(C1CCOCC1)N1CCN(CC=Cc2ccccc2)CC1. The zero-order chi connectivity index (χ0) is 15.9. The average Bonchev–Trinajstić information content (AvgIpc) is 2.63. The summed E-state index contributed by atoms with van der Waals surface area (Å²) in [6.45, 7) is 6.07. The molecule has 0 spiro atoms. The molecule has 0 aliphatic carbocycles. The minimum absolute atomic E-state index is 0.188. The van der Waals surface area contributed by atoms with Crippen LogP contribution >= 0.6 is 0 Å². The fourth-order valence-corrected chi connectivity index (χ4v) is 3.26. The molecule has 0 saturated carbocycles. The van der Waals surface area contributed by atoms with Crippen molar-refractivity contribution in [3.05, 3.63) is 42.0 Å². The summed E-state index contributed by atoms with van der Waals surface area (Å²) in [5, 5.41) is 0. The largest absolute Gasteiger partial charge is 0.381 e. The van der Waals surface area contributed by atoms with Crippen molar-refractivity contribution in [2.24, 2.45) is 5.92 Å². The maximum atomic E-state index is 12.5. The van der Waals surface area contributed by atoms with Crippen molar-refractivity contribution in [1.29, 1.82) is 0 Å². The molecule has 4 heteroatoms. The van der Waals surface area contributed by atoms with Gasteiger partial charge in [-0.1, -0.05) is 42.5 Å². The van der Waals surface area contributed by atoms with E-state index in [-0.39, 0.29) is 5.92 Å². The number of amides is 1. The van der Waals surface area contributed by atoms with Crippen LogP contribution in [-0.4, -0.2) is 61.6 Å². The molecule has 124 valence electrons. The number of rotatable bonds is 4. The number of carbonyl (C=O) groups excluding carboxylic acids is 1. The van der Waals surface area contributed by atoms with Crippen molar-refractivity contribution in [2.45, 2.75) is 12.8 Å². The van der Waals surface area contributed by atoms with Crippen molar-refractivity contribution in [3.8, 4) is 0 Å². The van der Waals surface area contributed by atoms with E-state index in [4.69, 9.17) is 4.74 Å². The van der Waals surface area contributed by atoms with Crippen LogP contribution < -0.4 is 0 Å². The van der Waals surface area contributed by atoms with Gasteiger partial charge in [0, 0.05) is 51.9 Å². The van der Waals surface area contributed by atoms with Gasteiger partial charge in [-0.3, -0.25) is 9.69 Å². The molecule has 1 aromatic carbocycles. The smallest absolute Gasteiger partial charge is 0.225 e. The molecule has 0 atom stereocenters. The fraction of sp³-hybridized carbons (Fsp3) is 0.526. The average molecular weight is 314 g/mol. The normalized spacial score (nSPS) is 21.0. The third-order valence-corrected chi connectivity index (χ3v) is 4.73. The van der Waals surface area contributed by atoms with Crippen LogP contribution in [0.15, 0.2) is 36.4 Å². The zero-order valence-electron chi connectivity index (χ0n) is 13.7. The molecule has 2 fully saturated rings. The first-order chi connectivity index (χ1) is 11.3. The fourth-order valence-electron chi connectivity index (χ4n) is 3.26. The lowest BCUT2D eigenvalue weighted by Crippen LogP contribution is -2.50. The Balaban J connectivity index is 1.41. The quantitative estimate of drug-likeness (QED) is 0.855. The van der Waals surface area contributed by atoms with E-state index >= 15 is 0 Å². The van der Waals surface area contributed by atoms with Gasteiger partial charge in [-0.2, -0.15) is 0 Å². The van der Waals surface area contributed by atoms with Gasteiger partial charge in [-0.15, -0.1) is 0 Å². The summed E-state index contributed by atoms with van der Waals surface area (Å²) in [5.41, 5.74) is 1.24. The van der Waals surface area contributed by atoms with Gasteiger partial charge in [0.25, 0.3) is 0 Å². The lowest BCUT2D eigenvalue weighted by atomic mass is 9.98. The third kappa shape index (κ3) is 4.66. The van der Waals surface area contributed by atoms with Gasteiger partial charge in [0.15, 0.2) is 0 Å². The summed E-state index contributed by atoms with van der Waals surface area (Å²) < 4.78 is 5.35. The van der Waals surface area contributed by atoms with Crippen LogP contribution in [0.5, 0.6) is 0 Å². The summed E-state index contributed by atoms with van der Waals surface area (Å²) >= 11 is 0. The van der Waals surface area contributed by atoms with Crippen molar-refractivity contribution in [2.75, 3.05) is 45.9 Å². The zero-order valence-corrected chi connectivity index (χ0v) is 13.7. The topological polar surface area (TPSA) is 32.8 Å². The number of piperazine rings is 1. The van der Waals surface area contributed by atoms with Crippen molar-refractivity contribution in [1.82, 2.24) is 9.80 Å². The summed E-state index contributed by atoms with van der Waals surface area (Å²) in [7, 11) is 0. The number of benzene rings is 1. The molecule has 0 aromatic heterocycles. The van der Waals surface area contributed by atoms with Gasteiger partial charge in [-0.25, -0.2) is 0 Å². The van der Waals surface area contributed by atoms with E-state index < -0.39 is 0 Å². The molecule has 0 radical (unpaired) electrons. The molecule has 23 heavy (non-hydrogen) atoms. The highest BCUT2D eigenvalue weighted by molar-refractivity contribution is 5.79. The second-order valence-electron chi connectivity index (χ2n) is 6.33.